The maximum absolute atomic E-state index is 12.8. The van der Waals surface area contributed by atoms with Crippen molar-refractivity contribution in [2.75, 3.05) is 33.4 Å². The lowest BCUT2D eigenvalue weighted by atomic mass is 9.94. The van der Waals surface area contributed by atoms with Gasteiger partial charge in [0.05, 0.1) is 13.2 Å². The molecule has 2 aliphatic heterocycles. The van der Waals surface area contributed by atoms with Gasteiger partial charge in [0.1, 0.15) is 19.0 Å². The third kappa shape index (κ3) is 5.83. The molecule has 0 radical (unpaired) electrons. The predicted molar refractivity (Wildman–Crippen MR) is 122 cm³/mol. The van der Waals surface area contributed by atoms with Crippen LogP contribution in [0.4, 0.5) is 0 Å². The van der Waals surface area contributed by atoms with Crippen LogP contribution in [-0.4, -0.2) is 44.2 Å². The molecule has 6 nitrogen and oxygen atoms in total. The monoisotopic (exact) mass is 446 g/mol. The summed E-state index contributed by atoms with van der Waals surface area (Å²) >= 11 is 0. The van der Waals surface area contributed by atoms with Crippen LogP contribution in [-0.2, 0) is 11.3 Å². The Labute approximate surface area is 190 Å². The molecule has 31 heavy (non-hydrogen) atoms. The number of likely N-dealkylation sites (tertiary alicyclic amines) is 1. The number of amides is 1. The molecule has 2 aromatic carbocycles. The lowest BCUT2D eigenvalue weighted by molar-refractivity contribution is -0.127. The van der Waals surface area contributed by atoms with Crippen LogP contribution < -0.4 is 19.5 Å². The van der Waals surface area contributed by atoms with Crippen molar-refractivity contribution in [3.05, 3.63) is 53.6 Å². The topological polar surface area (TPSA) is 60.0 Å². The number of nitrogens with one attached hydrogen (secondary N) is 1. The first-order valence-electron chi connectivity index (χ1n) is 10.7. The summed E-state index contributed by atoms with van der Waals surface area (Å²) in [4.78, 5) is 15.2. The van der Waals surface area contributed by atoms with E-state index in [-0.39, 0.29) is 30.3 Å². The Bertz CT molecular complexity index is 866. The SMILES string of the molecule is COc1ccc(CN2CCC(C(=O)NC(C)c3ccc4c(c3)OCCO4)CC2)cc1.Cl. The van der Waals surface area contributed by atoms with Crippen LogP contribution in [0.15, 0.2) is 42.5 Å². The van der Waals surface area contributed by atoms with Crippen LogP contribution in [0.3, 0.4) is 0 Å². The summed E-state index contributed by atoms with van der Waals surface area (Å²) in [6.07, 6.45) is 1.77. The van der Waals surface area contributed by atoms with Gasteiger partial charge in [0.25, 0.3) is 0 Å². The van der Waals surface area contributed by atoms with E-state index in [1.54, 1.807) is 7.11 Å². The third-order valence-corrected chi connectivity index (χ3v) is 5.95. The molecule has 1 fully saturated rings. The minimum atomic E-state index is -0.0642. The Hall–Kier alpha value is -2.44. The minimum Gasteiger partial charge on any atom is -0.497 e. The number of halogens is 1. The molecular formula is C24H31ClN2O4. The Balaban J connectivity index is 0.00000272. The number of nitrogens with zero attached hydrogens (tertiary/aromatic N) is 1. The van der Waals surface area contributed by atoms with E-state index in [1.807, 2.05) is 37.3 Å². The van der Waals surface area contributed by atoms with Gasteiger partial charge in [-0.05, 0) is 68.2 Å². The number of hydrogen-bond donors (Lipinski definition) is 1. The smallest absolute Gasteiger partial charge is 0.223 e. The standard InChI is InChI=1S/C24H30N2O4.ClH/c1-17(20-5-8-22-23(15-20)30-14-13-29-22)25-24(27)19-9-11-26(12-10-19)16-18-3-6-21(28-2)7-4-18;/h3-8,15,17,19H,9-14,16H2,1-2H3,(H,25,27);1H. The molecule has 0 saturated carbocycles. The highest BCUT2D eigenvalue weighted by atomic mass is 35.5. The molecular weight excluding hydrogens is 416 g/mol. The van der Waals surface area contributed by atoms with E-state index in [4.69, 9.17) is 14.2 Å². The molecule has 0 aliphatic carbocycles. The van der Waals surface area contributed by atoms with Gasteiger partial charge >= 0.3 is 0 Å². The van der Waals surface area contributed by atoms with Crippen molar-refractivity contribution < 1.29 is 19.0 Å². The Morgan fingerprint density at radius 2 is 1.77 bits per heavy atom. The molecule has 1 amide bonds. The number of methoxy groups -OCH3 is 1. The molecule has 1 unspecified atom stereocenters. The van der Waals surface area contributed by atoms with Crippen molar-refractivity contribution in [1.29, 1.82) is 0 Å². The van der Waals surface area contributed by atoms with Gasteiger partial charge in [-0.25, -0.2) is 0 Å². The van der Waals surface area contributed by atoms with E-state index in [2.05, 4.69) is 22.3 Å². The van der Waals surface area contributed by atoms with Crippen molar-refractivity contribution in [1.82, 2.24) is 10.2 Å². The zero-order valence-corrected chi connectivity index (χ0v) is 19.0. The Kier molecular flexibility index (Phi) is 8.04. The molecule has 1 atom stereocenters. The molecule has 7 heteroatoms. The third-order valence-electron chi connectivity index (χ3n) is 5.95. The summed E-state index contributed by atoms with van der Waals surface area (Å²) in [6, 6.07) is 14.0. The van der Waals surface area contributed by atoms with Crippen LogP contribution in [0.25, 0.3) is 0 Å². The molecule has 1 saturated heterocycles. The van der Waals surface area contributed by atoms with Gasteiger partial charge in [0.2, 0.25) is 5.91 Å². The van der Waals surface area contributed by atoms with Crippen molar-refractivity contribution in [2.45, 2.75) is 32.4 Å². The zero-order valence-electron chi connectivity index (χ0n) is 18.1. The second kappa shape index (κ2) is 10.7. The number of hydrogen-bond acceptors (Lipinski definition) is 5. The highest BCUT2D eigenvalue weighted by Gasteiger charge is 2.26. The fourth-order valence-electron chi connectivity index (χ4n) is 4.09. The van der Waals surface area contributed by atoms with E-state index in [9.17, 15) is 4.79 Å². The number of fused-ring (bicyclic) bond motifs is 1. The average molecular weight is 447 g/mol. The molecule has 2 aliphatic rings. The Morgan fingerprint density at radius 3 is 2.45 bits per heavy atom. The second-order valence-electron chi connectivity index (χ2n) is 8.03. The fourth-order valence-corrected chi connectivity index (χ4v) is 4.09. The van der Waals surface area contributed by atoms with E-state index < -0.39 is 0 Å². The van der Waals surface area contributed by atoms with Gasteiger partial charge in [-0.15, -0.1) is 12.4 Å². The van der Waals surface area contributed by atoms with Crippen molar-refractivity contribution in [2.24, 2.45) is 5.92 Å². The highest BCUT2D eigenvalue weighted by Crippen LogP contribution is 2.32. The van der Waals surface area contributed by atoms with Gasteiger partial charge < -0.3 is 19.5 Å². The van der Waals surface area contributed by atoms with Crippen LogP contribution in [0.2, 0.25) is 0 Å². The zero-order chi connectivity index (χ0) is 20.9. The summed E-state index contributed by atoms with van der Waals surface area (Å²) in [5, 5.41) is 3.18. The van der Waals surface area contributed by atoms with Gasteiger partial charge in [0.15, 0.2) is 11.5 Å². The average Bonchev–Trinajstić information content (AvgIpc) is 2.79. The van der Waals surface area contributed by atoms with E-state index in [0.29, 0.717) is 13.2 Å². The first-order chi connectivity index (χ1) is 14.6. The number of carbonyl (C=O) groups is 1. The number of carbonyl (C=O) groups excluding carboxylic acids is 1. The van der Waals surface area contributed by atoms with E-state index in [0.717, 1.165) is 55.3 Å². The second-order valence-corrected chi connectivity index (χ2v) is 8.03. The first kappa shape index (κ1) is 23.2. The fraction of sp³-hybridized carbons (Fsp3) is 0.458. The molecule has 4 rings (SSSR count). The quantitative estimate of drug-likeness (QED) is 0.727. The summed E-state index contributed by atoms with van der Waals surface area (Å²) in [5.74, 6) is 2.61. The van der Waals surface area contributed by atoms with E-state index >= 15 is 0 Å². The molecule has 0 spiro atoms. The maximum atomic E-state index is 12.8. The van der Waals surface area contributed by atoms with Gasteiger partial charge in [-0.2, -0.15) is 0 Å². The summed E-state index contributed by atoms with van der Waals surface area (Å²) in [5.41, 5.74) is 2.30. The minimum absolute atomic E-state index is 0. The largest absolute Gasteiger partial charge is 0.497 e. The van der Waals surface area contributed by atoms with Crippen LogP contribution in [0.5, 0.6) is 17.2 Å². The molecule has 168 valence electrons. The van der Waals surface area contributed by atoms with Crippen molar-refractivity contribution in [3.8, 4) is 17.2 Å². The molecule has 1 N–H and O–H groups in total. The van der Waals surface area contributed by atoms with Crippen LogP contribution in [0, 0.1) is 5.92 Å². The highest BCUT2D eigenvalue weighted by molar-refractivity contribution is 5.85. The normalized spacial score (nSPS) is 17.4. The summed E-state index contributed by atoms with van der Waals surface area (Å²) < 4.78 is 16.5. The lowest BCUT2D eigenvalue weighted by Crippen LogP contribution is -2.40. The lowest BCUT2D eigenvalue weighted by Gasteiger charge is -2.32. The number of rotatable bonds is 6. The maximum Gasteiger partial charge on any atom is 0.223 e. The summed E-state index contributed by atoms with van der Waals surface area (Å²) in [7, 11) is 1.68. The summed E-state index contributed by atoms with van der Waals surface area (Å²) in [6.45, 7) is 5.93. The number of ether oxygens (including phenoxy) is 3. The number of piperidine rings is 1. The predicted octanol–water partition coefficient (Wildman–Crippen LogP) is 3.98. The van der Waals surface area contributed by atoms with Gasteiger partial charge in [-0.3, -0.25) is 9.69 Å². The van der Waals surface area contributed by atoms with Crippen LogP contribution >= 0.6 is 12.4 Å². The van der Waals surface area contributed by atoms with Crippen molar-refractivity contribution >= 4 is 18.3 Å². The molecule has 0 bridgehead atoms. The molecule has 2 heterocycles. The Morgan fingerprint density at radius 1 is 1.10 bits per heavy atom. The van der Waals surface area contributed by atoms with Gasteiger partial charge in [-0.1, -0.05) is 18.2 Å². The molecule has 2 aromatic rings. The number of benzene rings is 2. The van der Waals surface area contributed by atoms with Crippen molar-refractivity contribution in [3.63, 3.8) is 0 Å². The first-order valence-corrected chi connectivity index (χ1v) is 10.7. The van der Waals surface area contributed by atoms with Crippen LogP contribution in [0.1, 0.15) is 36.9 Å². The van der Waals surface area contributed by atoms with E-state index in [1.165, 1.54) is 5.56 Å². The molecule has 0 aromatic heterocycles. The van der Waals surface area contributed by atoms with Gasteiger partial charge in [0, 0.05) is 12.5 Å².